The van der Waals surface area contributed by atoms with Crippen LogP contribution in [0.5, 0.6) is 0 Å². The van der Waals surface area contributed by atoms with Gasteiger partial charge in [-0.15, -0.1) is 0 Å². The molecule has 0 bridgehead atoms. The number of anilines is 1. The summed E-state index contributed by atoms with van der Waals surface area (Å²) in [5.41, 5.74) is -0.0237. The second-order valence-electron chi connectivity index (χ2n) is 5.91. The lowest BCUT2D eigenvalue weighted by molar-refractivity contribution is -0.140. The van der Waals surface area contributed by atoms with E-state index in [1.807, 2.05) is 12.2 Å². The lowest BCUT2D eigenvalue weighted by Crippen LogP contribution is -2.34. The number of rotatable bonds is 4. The Bertz CT molecular complexity index is 709. The summed E-state index contributed by atoms with van der Waals surface area (Å²) >= 11 is 5.77. The highest BCUT2D eigenvalue weighted by molar-refractivity contribution is 6.30. The van der Waals surface area contributed by atoms with Crippen LogP contribution in [0.25, 0.3) is 0 Å². The zero-order valence-electron chi connectivity index (χ0n) is 12.8. The summed E-state index contributed by atoms with van der Waals surface area (Å²) in [5.74, 6) is -2.15. The van der Waals surface area contributed by atoms with E-state index >= 15 is 0 Å². The molecule has 1 aliphatic heterocycles. The van der Waals surface area contributed by atoms with Crippen molar-refractivity contribution in [2.45, 2.75) is 19.3 Å². The fourth-order valence-corrected chi connectivity index (χ4v) is 3.28. The molecule has 0 unspecified atom stereocenters. The van der Waals surface area contributed by atoms with E-state index in [1.165, 1.54) is 12.1 Å². The van der Waals surface area contributed by atoms with Crippen molar-refractivity contribution in [2.75, 3.05) is 11.9 Å². The van der Waals surface area contributed by atoms with Crippen LogP contribution in [0.2, 0.25) is 5.02 Å². The average Bonchev–Trinajstić information content (AvgIpc) is 2.81. The molecule has 1 aliphatic carbocycles. The lowest BCUT2D eigenvalue weighted by atomic mass is 9.85. The number of carbonyl (C=O) groups excluding carboxylic acids is 3. The molecule has 2 atom stereocenters. The molecule has 1 N–H and O–H groups in total. The fraction of sp³-hybridized carbons (Fsp3) is 0.353. The summed E-state index contributed by atoms with van der Waals surface area (Å²) < 4.78 is 13.6. The van der Waals surface area contributed by atoms with Crippen molar-refractivity contribution in [3.8, 4) is 0 Å². The first kappa shape index (κ1) is 16.6. The van der Waals surface area contributed by atoms with Gasteiger partial charge in [0.1, 0.15) is 5.82 Å². The van der Waals surface area contributed by atoms with Crippen molar-refractivity contribution in [2.24, 2.45) is 11.8 Å². The van der Waals surface area contributed by atoms with E-state index < -0.39 is 11.7 Å². The van der Waals surface area contributed by atoms with Crippen LogP contribution in [0.3, 0.4) is 0 Å². The largest absolute Gasteiger partial charge is 0.323 e. The minimum Gasteiger partial charge on any atom is -0.323 e. The molecule has 126 valence electrons. The first-order valence-electron chi connectivity index (χ1n) is 7.72. The second kappa shape index (κ2) is 6.73. The molecular formula is C17H16ClFN2O3. The zero-order chi connectivity index (χ0) is 17.3. The minimum absolute atomic E-state index is 0.00130. The van der Waals surface area contributed by atoms with Gasteiger partial charge < -0.3 is 5.32 Å². The van der Waals surface area contributed by atoms with Gasteiger partial charge >= 0.3 is 0 Å². The molecule has 1 saturated heterocycles. The summed E-state index contributed by atoms with van der Waals surface area (Å²) in [6.07, 6.45) is 4.85. The standard InChI is InChI=1S/C17H16ClFN2O3/c18-10-5-6-13(19)14(9-10)20-15(22)7-8-21-16(23)11-3-1-2-4-12(11)17(21)24/h1-2,5-6,9,11-12H,3-4,7-8H2,(H,20,22)/t11-,12-/m1/s1. The minimum atomic E-state index is -0.599. The molecule has 1 heterocycles. The normalized spacial score (nSPS) is 22.7. The maximum Gasteiger partial charge on any atom is 0.233 e. The van der Waals surface area contributed by atoms with Crippen molar-refractivity contribution in [3.05, 3.63) is 41.2 Å². The first-order valence-corrected chi connectivity index (χ1v) is 8.10. The van der Waals surface area contributed by atoms with E-state index in [2.05, 4.69) is 5.32 Å². The molecule has 0 spiro atoms. The maximum atomic E-state index is 13.6. The van der Waals surface area contributed by atoms with Crippen LogP contribution in [-0.2, 0) is 14.4 Å². The summed E-state index contributed by atoms with van der Waals surface area (Å²) in [5, 5.41) is 2.71. The molecule has 7 heteroatoms. The summed E-state index contributed by atoms with van der Waals surface area (Å²) in [6.45, 7) is -0.00130. The molecule has 24 heavy (non-hydrogen) atoms. The first-order chi connectivity index (χ1) is 11.5. The zero-order valence-corrected chi connectivity index (χ0v) is 13.6. The highest BCUT2D eigenvalue weighted by Crippen LogP contribution is 2.35. The highest BCUT2D eigenvalue weighted by Gasteiger charge is 2.46. The van der Waals surface area contributed by atoms with Crippen molar-refractivity contribution in [3.63, 3.8) is 0 Å². The van der Waals surface area contributed by atoms with Crippen molar-refractivity contribution >= 4 is 35.0 Å². The Labute approximate surface area is 143 Å². The van der Waals surface area contributed by atoms with Crippen LogP contribution in [0, 0.1) is 17.7 Å². The third-order valence-electron chi connectivity index (χ3n) is 4.36. The Morgan fingerprint density at radius 2 is 1.83 bits per heavy atom. The van der Waals surface area contributed by atoms with Gasteiger partial charge in [-0.3, -0.25) is 19.3 Å². The predicted octanol–water partition coefficient (Wildman–Crippen LogP) is 2.76. The Balaban J connectivity index is 1.59. The van der Waals surface area contributed by atoms with E-state index in [1.54, 1.807) is 0 Å². The Hall–Kier alpha value is -2.21. The summed E-state index contributed by atoms with van der Waals surface area (Å²) in [6, 6.07) is 3.84. The monoisotopic (exact) mass is 350 g/mol. The van der Waals surface area contributed by atoms with Gasteiger partial charge in [-0.05, 0) is 31.0 Å². The molecular weight excluding hydrogens is 335 g/mol. The number of likely N-dealkylation sites (tertiary alicyclic amines) is 1. The molecule has 5 nitrogen and oxygen atoms in total. The molecule has 1 aromatic rings. The molecule has 1 aromatic carbocycles. The second-order valence-corrected chi connectivity index (χ2v) is 6.34. The van der Waals surface area contributed by atoms with E-state index in [4.69, 9.17) is 11.6 Å². The third kappa shape index (κ3) is 3.19. The molecule has 1 fully saturated rings. The average molecular weight is 351 g/mol. The summed E-state index contributed by atoms with van der Waals surface area (Å²) in [7, 11) is 0. The molecule has 3 rings (SSSR count). The number of benzene rings is 1. The van der Waals surface area contributed by atoms with Crippen LogP contribution in [-0.4, -0.2) is 29.2 Å². The van der Waals surface area contributed by atoms with Gasteiger partial charge in [0.25, 0.3) is 0 Å². The number of fused-ring (bicyclic) bond motifs is 1. The topological polar surface area (TPSA) is 66.5 Å². The van der Waals surface area contributed by atoms with Crippen LogP contribution in [0.15, 0.2) is 30.4 Å². The van der Waals surface area contributed by atoms with E-state index in [-0.39, 0.29) is 42.3 Å². The fourth-order valence-electron chi connectivity index (χ4n) is 3.11. The number of nitrogens with one attached hydrogen (secondary N) is 1. The van der Waals surface area contributed by atoms with Gasteiger partial charge in [-0.1, -0.05) is 23.8 Å². The molecule has 0 aromatic heterocycles. The molecule has 0 saturated carbocycles. The lowest BCUT2D eigenvalue weighted by Gasteiger charge is -2.14. The van der Waals surface area contributed by atoms with Gasteiger partial charge in [-0.25, -0.2) is 4.39 Å². The van der Waals surface area contributed by atoms with Crippen LogP contribution in [0.1, 0.15) is 19.3 Å². The number of amides is 3. The molecule has 0 radical (unpaired) electrons. The summed E-state index contributed by atoms with van der Waals surface area (Å²) in [4.78, 5) is 37.7. The van der Waals surface area contributed by atoms with Crippen LogP contribution in [0.4, 0.5) is 10.1 Å². The smallest absolute Gasteiger partial charge is 0.233 e. The Morgan fingerprint density at radius 3 is 2.46 bits per heavy atom. The molecule has 2 aliphatic rings. The van der Waals surface area contributed by atoms with E-state index in [0.717, 1.165) is 11.0 Å². The Kier molecular flexibility index (Phi) is 4.66. The SMILES string of the molecule is O=C(CCN1C(=O)[C@@H]2CC=CC[C@H]2C1=O)Nc1cc(Cl)ccc1F. The van der Waals surface area contributed by atoms with Crippen molar-refractivity contribution in [1.29, 1.82) is 0 Å². The number of carbonyl (C=O) groups is 3. The molecule has 3 amide bonds. The van der Waals surface area contributed by atoms with Gasteiger partial charge in [0, 0.05) is 18.0 Å². The van der Waals surface area contributed by atoms with Crippen molar-refractivity contribution < 1.29 is 18.8 Å². The van der Waals surface area contributed by atoms with Crippen LogP contribution >= 0.6 is 11.6 Å². The third-order valence-corrected chi connectivity index (χ3v) is 4.60. The van der Waals surface area contributed by atoms with E-state index in [9.17, 15) is 18.8 Å². The van der Waals surface area contributed by atoms with Gasteiger partial charge in [-0.2, -0.15) is 0 Å². The number of halogens is 2. The number of hydrogen-bond acceptors (Lipinski definition) is 3. The predicted molar refractivity (Wildman–Crippen MR) is 86.7 cm³/mol. The van der Waals surface area contributed by atoms with Gasteiger partial charge in [0.15, 0.2) is 0 Å². The Morgan fingerprint density at radius 1 is 1.21 bits per heavy atom. The number of hydrogen-bond donors (Lipinski definition) is 1. The quantitative estimate of drug-likeness (QED) is 0.670. The van der Waals surface area contributed by atoms with E-state index in [0.29, 0.717) is 17.9 Å². The highest BCUT2D eigenvalue weighted by atomic mass is 35.5. The number of nitrogens with zero attached hydrogens (tertiary/aromatic N) is 1. The van der Waals surface area contributed by atoms with Crippen molar-refractivity contribution in [1.82, 2.24) is 4.90 Å². The number of imide groups is 1. The van der Waals surface area contributed by atoms with Gasteiger partial charge in [0.05, 0.1) is 17.5 Å². The number of allylic oxidation sites excluding steroid dienone is 2. The maximum absolute atomic E-state index is 13.6. The van der Waals surface area contributed by atoms with Crippen LogP contribution < -0.4 is 5.32 Å². The van der Waals surface area contributed by atoms with Gasteiger partial charge in [0.2, 0.25) is 17.7 Å².